The van der Waals surface area contributed by atoms with Gasteiger partial charge in [0.2, 0.25) is 5.92 Å². The molecule has 0 unspecified atom stereocenters. The molecular formula is C24H26F5N3O. The maximum absolute atomic E-state index is 14.1. The van der Waals surface area contributed by atoms with Gasteiger partial charge in [-0.25, -0.2) is 8.78 Å². The number of halogens is 5. The van der Waals surface area contributed by atoms with Crippen LogP contribution in [0.4, 0.5) is 33.3 Å². The van der Waals surface area contributed by atoms with Crippen LogP contribution in [0.3, 0.4) is 0 Å². The number of hydrogen-bond donors (Lipinski definition) is 1. The Morgan fingerprint density at radius 3 is 2.52 bits per heavy atom. The van der Waals surface area contributed by atoms with Crippen LogP contribution in [-0.4, -0.2) is 29.9 Å². The van der Waals surface area contributed by atoms with Gasteiger partial charge in [-0.2, -0.15) is 13.2 Å². The van der Waals surface area contributed by atoms with Gasteiger partial charge in [0.05, 0.1) is 16.8 Å². The summed E-state index contributed by atoms with van der Waals surface area (Å²) in [6.07, 6.45) is -2.35. The Morgan fingerprint density at radius 1 is 1.15 bits per heavy atom. The van der Waals surface area contributed by atoms with E-state index in [-0.39, 0.29) is 48.5 Å². The fourth-order valence-electron chi connectivity index (χ4n) is 4.58. The third kappa shape index (κ3) is 5.12. The van der Waals surface area contributed by atoms with E-state index in [1.54, 1.807) is 24.0 Å². The molecule has 1 N–H and O–H groups in total. The first-order valence-corrected chi connectivity index (χ1v) is 11.1. The quantitative estimate of drug-likeness (QED) is 0.524. The van der Waals surface area contributed by atoms with Crippen molar-refractivity contribution in [1.29, 1.82) is 0 Å². The zero-order valence-corrected chi connectivity index (χ0v) is 18.5. The predicted octanol–water partition coefficient (Wildman–Crippen LogP) is 6.47. The van der Waals surface area contributed by atoms with Gasteiger partial charge in [0.15, 0.2) is 0 Å². The summed E-state index contributed by atoms with van der Waals surface area (Å²) in [6.45, 7) is 3.25. The number of benzene rings is 1. The van der Waals surface area contributed by atoms with Gasteiger partial charge >= 0.3 is 6.18 Å². The van der Waals surface area contributed by atoms with E-state index in [9.17, 15) is 26.7 Å². The summed E-state index contributed by atoms with van der Waals surface area (Å²) >= 11 is 0. The van der Waals surface area contributed by atoms with E-state index in [2.05, 4.69) is 10.3 Å². The Labute approximate surface area is 189 Å². The predicted molar refractivity (Wildman–Crippen MR) is 116 cm³/mol. The van der Waals surface area contributed by atoms with E-state index in [4.69, 9.17) is 0 Å². The largest absolute Gasteiger partial charge is 0.416 e. The zero-order chi connectivity index (χ0) is 24.0. The summed E-state index contributed by atoms with van der Waals surface area (Å²) < 4.78 is 70.3. The normalized spacial score (nSPS) is 18.7. The van der Waals surface area contributed by atoms with Gasteiger partial charge in [-0.3, -0.25) is 9.78 Å². The average Bonchev–Trinajstić information content (AvgIpc) is 3.54. The van der Waals surface area contributed by atoms with Crippen LogP contribution in [0.25, 0.3) is 0 Å². The second-order valence-corrected chi connectivity index (χ2v) is 8.97. The van der Waals surface area contributed by atoms with Crippen LogP contribution < -0.4 is 10.2 Å². The molecule has 4 rings (SSSR count). The molecule has 33 heavy (non-hydrogen) atoms. The number of aromatic nitrogens is 1. The highest BCUT2D eigenvalue weighted by atomic mass is 19.4. The topological polar surface area (TPSA) is 45.2 Å². The maximum Gasteiger partial charge on any atom is 0.416 e. The van der Waals surface area contributed by atoms with Gasteiger partial charge in [0.1, 0.15) is 0 Å². The first-order valence-electron chi connectivity index (χ1n) is 11.1. The van der Waals surface area contributed by atoms with Crippen molar-refractivity contribution in [3.8, 4) is 0 Å². The van der Waals surface area contributed by atoms with Crippen LogP contribution in [0.2, 0.25) is 0 Å². The molecule has 0 bridgehead atoms. The molecule has 2 fully saturated rings. The van der Waals surface area contributed by atoms with E-state index < -0.39 is 30.0 Å². The minimum atomic E-state index is -4.63. The Balaban J connectivity index is 1.83. The monoisotopic (exact) mass is 467 g/mol. The molecule has 1 aromatic heterocycles. The molecule has 1 saturated heterocycles. The van der Waals surface area contributed by atoms with Crippen LogP contribution in [-0.2, 0) is 6.18 Å². The van der Waals surface area contributed by atoms with Crippen molar-refractivity contribution in [3.63, 3.8) is 0 Å². The summed E-state index contributed by atoms with van der Waals surface area (Å²) in [5, 5.41) is 2.67. The van der Waals surface area contributed by atoms with E-state index in [0.717, 1.165) is 0 Å². The number of nitrogens with zero attached hydrogens (tertiary/aromatic N) is 2. The van der Waals surface area contributed by atoms with Crippen molar-refractivity contribution in [2.45, 2.75) is 64.0 Å². The highest BCUT2D eigenvalue weighted by Gasteiger charge is 2.42. The van der Waals surface area contributed by atoms with Crippen molar-refractivity contribution in [2.75, 3.05) is 23.3 Å². The average molecular weight is 467 g/mol. The molecule has 2 aliphatic rings. The molecule has 9 heteroatoms. The van der Waals surface area contributed by atoms with Crippen LogP contribution in [0.1, 0.15) is 70.8 Å². The lowest BCUT2D eigenvalue weighted by Crippen LogP contribution is -2.30. The maximum atomic E-state index is 14.1. The standard InChI is InChI=1S/C24H26F5N3O/c1-14-12-17(6-9-30-14)31-22(33)20-15(2)21(24(27,28)29)18(16-4-5-16)13-19(20)32-10-3-7-23(25,26)8-11-32/h6,9,12-13,16H,3-5,7-8,10-11H2,1-2H3,(H,30,31,33). The summed E-state index contributed by atoms with van der Waals surface area (Å²) in [6, 6.07) is 4.59. The number of rotatable bonds is 4. The first-order chi connectivity index (χ1) is 15.5. The number of aryl methyl sites for hydroxylation is 1. The van der Waals surface area contributed by atoms with E-state index in [0.29, 0.717) is 29.9 Å². The third-order valence-electron chi connectivity index (χ3n) is 6.33. The summed E-state index contributed by atoms with van der Waals surface area (Å²) in [7, 11) is 0. The number of hydrogen-bond acceptors (Lipinski definition) is 3. The first kappa shape index (κ1) is 23.4. The summed E-state index contributed by atoms with van der Waals surface area (Å²) in [4.78, 5) is 19.0. The molecule has 2 aromatic rings. The van der Waals surface area contributed by atoms with Crippen molar-refractivity contribution in [1.82, 2.24) is 4.98 Å². The minimum Gasteiger partial charge on any atom is -0.371 e. The second-order valence-electron chi connectivity index (χ2n) is 8.97. The molecule has 1 aromatic carbocycles. The molecule has 0 atom stereocenters. The van der Waals surface area contributed by atoms with Crippen LogP contribution in [0, 0.1) is 13.8 Å². The third-order valence-corrected chi connectivity index (χ3v) is 6.33. The van der Waals surface area contributed by atoms with Crippen molar-refractivity contribution in [2.24, 2.45) is 0 Å². The highest BCUT2D eigenvalue weighted by Crippen LogP contribution is 2.50. The fourth-order valence-corrected chi connectivity index (χ4v) is 4.58. The van der Waals surface area contributed by atoms with Gasteiger partial charge < -0.3 is 10.2 Å². The molecule has 1 aliphatic carbocycles. The molecule has 1 aliphatic heterocycles. The lowest BCUT2D eigenvalue weighted by Gasteiger charge is -2.29. The van der Waals surface area contributed by atoms with Crippen LogP contribution in [0.15, 0.2) is 24.4 Å². The van der Waals surface area contributed by atoms with Gasteiger partial charge in [0.25, 0.3) is 5.91 Å². The highest BCUT2D eigenvalue weighted by molar-refractivity contribution is 6.09. The SMILES string of the molecule is Cc1cc(NC(=O)c2c(N3CCCC(F)(F)CC3)cc(C3CC3)c(C(F)(F)F)c2C)ccn1. The minimum absolute atomic E-state index is 0.0312. The molecule has 1 amide bonds. The molecule has 2 heterocycles. The molecule has 4 nitrogen and oxygen atoms in total. The zero-order valence-electron chi connectivity index (χ0n) is 18.5. The lowest BCUT2D eigenvalue weighted by atomic mass is 9.91. The Kier molecular flexibility index (Phi) is 6.09. The smallest absolute Gasteiger partial charge is 0.371 e. The second kappa shape index (κ2) is 8.57. The Bertz CT molecular complexity index is 1060. The molecular weight excluding hydrogens is 441 g/mol. The fraction of sp³-hybridized carbons (Fsp3) is 0.500. The lowest BCUT2D eigenvalue weighted by molar-refractivity contribution is -0.138. The van der Waals surface area contributed by atoms with E-state index >= 15 is 0 Å². The van der Waals surface area contributed by atoms with Crippen LogP contribution >= 0.6 is 0 Å². The summed E-state index contributed by atoms with van der Waals surface area (Å²) in [5.74, 6) is -3.75. The molecule has 0 radical (unpaired) electrons. The van der Waals surface area contributed by atoms with Gasteiger partial charge in [-0.15, -0.1) is 0 Å². The van der Waals surface area contributed by atoms with Crippen molar-refractivity contribution in [3.05, 3.63) is 52.3 Å². The Hall–Kier alpha value is -2.71. The van der Waals surface area contributed by atoms with Gasteiger partial charge in [-0.05, 0) is 68.4 Å². The van der Waals surface area contributed by atoms with Crippen molar-refractivity contribution < 1.29 is 26.7 Å². The summed E-state index contributed by atoms with van der Waals surface area (Å²) in [5.41, 5.74) is 0.419. The number of nitrogens with one attached hydrogen (secondary N) is 1. The molecule has 1 saturated carbocycles. The Morgan fingerprint density at radius 2 is 1.88 bits per heavy atom. The van der Waals surface area contributed by atoms with Crippen LogP contribution in [0.5, 0.6) is 0 Å². The number of anilines is 2. The van der Waals surface area contributed by atoms with Gasteiger partial charge in [0, 0.05) is 43.5 Å². The van der Waals surface area contributed by atoms with E-state index in [1.807, 2.05) is 0 Å². The number of pyridine rings is 1. The van der Waals surface area contributed by atoms with Crippen molar-refractivity contribution >= 4 is 17.3 Å². The number of amides is 1. The molecule has 0 spiro atoms. The number of carbonyl (C=O) groups excluding carboxylic acids is 1. The number of carbonyl (C=O) groups is 1. The van der Waals surface area contributed by atoms with Gasteiger partial charge in [-0.1, -0.05) is 0 Å². The van der Waals surface area contributed by atoms with E-state index in [1.165, 1.54) is 19.2 Å². The number of alkyl halides is 5. The molecule has 178 valence electrons.